The summed E-state index contributed by atoms with van der Waals surface area (Å²) >= 11 is 6.35. The van der Waals surface area contributed by atoms with E-state index in [9.17, 15) is 18.0 Å². The van der Waals surface area contributed by atoms with Crippen LogP contribution >= 0.6 is 11.6 Å². The van der Waals surface area contributed by atoms with Gasteiger partial charge in [-0.1, -0.05) is 42.4 Å². The first-order chi connectivity index (χ1) is 23.1. The molecule has 0 bridgehead atoms. The predicted octanol–water partition coefficient (Wildman–Crippen LogP) is 6.39. The summed E-state index contributed by atoms with van der Waals surface area (Å²) in [5.41, 5.74) is -0.344. The molecule has 250 valence electrons. The largest absolute Gasteiger partial charge is 0.461 e. The van der Waals surface area contributed by atoms with Gasteiger partial charge in [-0.05, 0) is 30.8 Å². The van der Waals surface area contributed by atoms with E-state index < -0.39 is 35.1 Å². The number of nitriles is 1. The molecule has 0 radical (unpaired) electrons. The summed E-state index contributed by atoms with van der Waals surface area (Å²) in [4.78, 5) is 31.0. The number of halogens is 5. The van der Waals surface area contributed by atoms with Gasteiger partial charge in [-0.3, -0.25) is 14.7 Å². The molecule has 7 rings (SSSR count). The zero-order chi connectivity index (χ0) is 34.2. The minimum atomic E-state index is -1.04. The molecular weight excluding hydrogens is 650 g/mol. The molecule has 2 aromatic carbocycles. The maximum absolute atomic E-state index is 16.6. The molecule has 3 aliphatic rings. The van der Waals surface area contributed by atoms with Gasteiger partial charge in [0.05, 0.1) is 22.0 Å². The normalized spacial score (nSPS) is 20.7. The molecule has 3 fully saturated rings. The second-order valence-corrected chi connectivity index (χ2v) is 12.4. The third-order valence-electron chi connectivity index (χ3n) is 9.16. The van der Waals surface area contributed by atoms with Crippen molar-refractivity contribution in [1.82, 2.24) is 24.8 Å². The Kier molecular flexibility index (Phi) is 9.40. The van der Waals surface area contributed by atoms with Crippen molar-refractivity contribution in [3.8, 4) is 23.3 Å². The minimum Gasteiger partial charge on any atom is -0.461 e. The molecule has 48 heavy (non-hydrogen) atoms. The smallest absolute Gasteiger partial charge is 0.319 e. The highest BCUT2D eigenvalue weighted by Crippen LogP contribution is 2.41. The number of hydrogen-bond acceptors (Lipinski definition) is 8. The summed E-state index contributed by atoms with van der Waals surface area (Å²) in [6.45, 7) is 6.71. The number of amides is 1. The quantitative estimate of drug-likeness (QED) is 0.171. The molecule has 4 aromatic rings. The average molecular weight is 682 g/mol. The molecule has 0 aliphatic carbocycles. The number of anilines is 1. The highest BCUT2D eigenvalue weighted by atomic mass is 35.5. The fraction of sp³-hybridized carbons (Fsp3) is 0.382. The third kappa shape index (κ3) is 6.10. The molecule has 3 saturated heterocycles. The van der Waals surface area contributed by atoms with Crippen molar-refractivity contribution in [2.24, 2.45) is 0 Å². The molecular formula is C34H32ClF4N7O2. The number of ether oxygens (including phenoxy) is 1. The number of carbonyl (C=O) groups excluding carboxylic acids is 1. The van der Waals surface area contributed by atoms with Crippen molar-refractivity contribution in [1.29, 1.82) is 5.26 Å². The number of piperazine rings is 1. The molecule has 0 spiro atoms. The number of hydrogen-bond donors (Lipinski definition) is 0. The monoisotopic (exact) mass is 681 g/mol. The number of fused-ring (bicyclic) bond motifs is 3. The van der Waals surface area contributed by atoms with Crippen LogP contribution in [0.5, 0.6) is 6.01 Å². The molecule has 0 N–H and O–H groups in total. The number of pyridine rings is 1. The van der Waals surface area contributed by atoms with Crippen LogP contribution in [0, 0.1) is 23.0 Å². The third-order valence-corrected chi connectivity index (χ3v) is 9.53. The maximum atomic E-state index is 16.6. The fourth-order valence-corrected chi connectivity index (χ4v) is 7.24. The van der Waals surface area contributed by atoms with Gasteiger partial charge in [-0.25, -0.2) is 17.6 Å². The fourth-order valence-electron chi connectivity index (χ4n) is 6.96. The lowest BCUT2D eigenvalue weighted by Gasteiger charge is -2.35. The van der Waals surface area contributed by atoms with Gasteiger partial charge in [-0.2, -0.15) is 15.2 Å². The van der Waals surface area contributed by atoms with Crippen LogP contribution in [0.15, 0.2) is 48.9 Å². The predicted molar refractivity (Wildman–Crippen MR) is 174 cm³/mol. The van der Waals surface area contributed by atoms with Crippen LogP contribution in [-0.4, -0.2) is 88.2 Å². The Bertz CT molecular complexity index is 1950. The molecule has 3 aliphatic heterocycles. The lowest BCUT2D eigenvalue weighted by atomic mass is 9.95. The Morgan fingerprint density at radius 3 is 2.65 bits per heavy atom. The van der Waals surface area contributed by atoms with Crippen LogP contribution in [0.1, 0.15) is 26.2 Å². The van der Waals surface area contributed by atoms with Crippen LogP contribution in [-0.2, 0) is 4.79 Å². The SMILES string of the molecule is C=C(F)C(=O)N1CCN(c2nc(OCC34CCCN3CC(F)C4)nc3c(F)c(-c4cccc5ccc(F)c(Cl)c45)ncc23)CC1.CC#N. The van der Waals surface area contributed by atoms with E-state index in [4.69, 9.17) is 21.6 Å². The van der Waals surface area contributed by atoms with Gasteiger partial charge in [0.2, 0.25) is 0 Å². The molecule has 14 heteroatoms. The molecule has 2 atom stereocenters. The van der Waals surface area contributed by atoms with Gasteiger partial charge in [-0.15, -0.1) is 0 Å². The first-order valence-corrected chi connectivity index (χ1v) is 15.9. The van der Waals surface area contributed by atoms with E-state index in [0.29, 0.717) is 34.9 Å². The Labute approximate surface area is 279 Å². The van der Waals surface area contributed by atoms with Gasteiger partial charge >= 0.3 is 6.01 Å². The minimum absolute atomic E-state index is 0.0734. The van der Waals surface area contributed by atoms with Crippen molar-refractivity contribution >= 4 is 45.0 Å². The van der Waals surface area contributed by atoms with Crippen molar-refractivity contribution in [2.45, 2.75) is 37.9 Å². The molecule has 2 aromatic heterocycles. The van der Waals surface area contributed by atoms with Gasteiger partial charge in [0, 0.05) is 63.2 Å². The van der Waals surface area contributed by atoms with Crippen LogP contribution in [0.3, 0.4) is 0 Å². The number of benzene rings is 2. The van der Waals surface area contributed by atoms with Gasteiger partial charge < -0.3 is 14.5 Å². The summed E-state index contributed by atoms with van der Waals surface area (Å²) in [6, 6.07) is 9.53. The Morgan fingerprint density at radius 1 is 1.17 bits per heavy atom. The van der Waals surface area contributed by atoms with Crippen molar-refractivity contribution < 1.29 is 27.1 Å². The van der Waals surface area contributed by atoms with Crippen molar-refractivity contribution in [3.05, 3.63) is 65.6 Å². The first-order valence-electron chi connectivity index (χ1n) is 15.5. The van der Waals surface area contributed by atoms with E-state index in [-0.39, 0.29) is 60.6 Å². The van der Waals surface area contributed by atoms with E-state index in [0.717, 1.165) is 19.4 Å². The summed E-state index contributed by atoms with van der Waals surface area (Å²) in [7, 11) is 0. The lowest BCUT2D eigenvalue weighted by Crippen LogP contribution is -2.49. The number of aromatic nitrogens is 3. The van der Waals surface area contributed by atoms with Crippen molar-refractivity contribution in [3.63, 3.8) is 0 Å². The highest BCUT2D eigenvalue weighted by Gasteiger charge is 2.49. The second-order valence-electron chi connectivity index (χ2n) is 12.0. The summed E-state index contributed by atoms with van der Waals surface area (Å²) in [6.07, 6.45) is 2.52. The Hall–Kier alpha value is -4.54. The van der Waals surface area contributed by atoms with E-state index in [1.165, 1.54) is 24.1 Å². The van der Waals surface area contributed by atoms with Crippen molar-refractivity contribution in [2.75, 3.05) is 50.8 Å². The van der Waals surface area contributed by atoms with E-state index >= 15 is 4.39 Å². The first kappa shape index (κ1) is 33.4. The average Bonchev–Trinajstić information content (AvgIpc) is 3.61. The van der Waals surface area contributed by atoms with Gasteiger partial charge in [0.15, 0.2) is 11.6 Å². The second kappa shape index (κ2) is 13.5. The standard InChI is InChI=1S/C32H29ClF4N6O2.C2H3N/c1-18(34)30(44)42-12-10-41(11-13-42)29-22-15-38-27(21-5-2-4-19-6-7-23(36)25(33)24(19)21)26(37)28(22)39-31(40-29)45-17-32-8-3-9-43(32)16-20(35)14-32;1-2-3/h2,4-7,15,20H,1,3,8-14,16-17H2;1H3. The highest BCUT2D eigenvalue weighted by molar-refractivity contribution is 6.36. The van der Waals surface area contributed by atoms with Crippen LogP contribution in [0.2, 0.25) is 5.02 Å². The number of carbonyl (C=O) groups is 1. The van der Waals surface area contributed by atoms with E-state index in [2.05, 4.69) is 26.4 Å². The topological polar surface area (TPSA) is 98.5 Å². The summed E-state index contributed by atoms with van der Waals surface area (Å²) < 4.78 is 65.1. The zero-order valence-electron chi connectivity index (χ0n) is 26.2. The molecule has 2 unspecified atom stereocenters. The number of rotatable bonds is 6. The van der Waals surface area contributed by atoms with Gasteiger partial charge in [0.1, 0.15) is 35.6 Å². The number of alkyl halides is 1. The molecule has 5 heterocycles. The van der Waals surface area contributed by atoms with Gasteiger partial charge in [0.25, 0.3) is 5.91 Å². The van der Waals surface area contributed by atoms with Crippen LogP contribution in [0.25, 0.3) is 32.9 Å². The summed E-state index contributed by atoms with van der Waals surface area (Å²) in [5.74, 6) is -2.91. The molecule has 1 amide bonds. The molecule has 0 saturated carbocycles. The Morgan fingerprint density at radius 2 is 1.92 bits per heavy atom. The molecule has 9 nitrogen and oxygen atoms in total. The lowest BCUT2D eigenvalue weighted by molar-refractivity contribution is -0.128. The maximum Gasteiger partial charge on any atom is 0.319 e. The van der Waals surface area contributed by atoms with E-state index in [1.807, 2.05) is 4.90 Å². The zero-order valence-corrected chi connectivity index (χ0v) is 26.9. The number of nitrogens with zero attached hydrogens (tertiary/aromatic N) is 7. The van der Waals surface area contributed by atoms with Crippen LogP contribution < -0.4 is 9.64 Å². The Balaban J connectivity index is 0.00000129. The van der Waals surface area contributed by atoms with E-state index in [1.54, 1.807) is 30.3 Å². The van der Waals surface area contributed by atoms with Crippen LogP contribution in [0.4, 0.5) is 23.4 Å². The summed E-state index contributed by atoms with van der Waals surface area (Å²) in [5, 5.41) is 8.39.